The lowest BCUT2D eigenvalue weighted by atomic mass is 9.90. The number of hydrogen-bond acceptors (Lipinski definition) is 4. The van der Waals surface area contributed by atoms with Gasteiger partial charge < -0.3 is 14.2 Å². The molecule has 104 valence electrons. The smallest absolute Gasteiger partial charge is 0.169 e. The summed E-state index contributed by atoms with van der Waals surface area (Å²) in [5.41, 5.74) is 0. The van der Waals surface area contributed by atoms with Crippen LogP contribution >= 0.6 is 27.5 Å². The third-order valence-electron chi connectivity index (χ3n) is 2.81. The van der Waals surface area contributed by atoms with E-state index in [0.29, 0.717) is 30.4 Å². The van der Waals surface area contributed by atoms with Crippen LogP contribution in [0, 0.1) is 0 Å². The van der Waals surface area contributed by atoms with Crippen LogP contribution in [0.1, 0.15) is 6.42 Å². The standard InChI is InChI=1S/C13H14BrClO4/c1-17-4-5-18-13-10(16)7-12(13)19-11-3-2-8(15)6-9(11)14/h2-3,6,12-13H,4-5,7H2,1H3. The topological polar surface area (TPSA) is 44.8 Å². The molecule has 2 atom stereocenters. The Hall–Kier alpha value is -0.620. The predicted molar refractivity (Wildman–Crippen MR) is 74.8 cm³/mol. The zero-order valence-corrected chi connectivity index (χ0v) is 12.7. The number of ether oxygens (including phenoxy) is 3. The van der Waals surface area contributed by atoms with E-state index in [1.165, 1.54) is 0 Å². The van der Waals surface area contributed by atoms with Gasteiger partial charge in [0.15, 0.2) is 11.9 Å². The van der Waals surface area contributed by atoms with Gasteiger partial charge in [-0.15, -0.1) is 0 Å². The van der Waals surface area contributed by atoms with E-state index in [-0.39, 0.29) is 11.9 Å². The summed E-state index contributed by atoms with van der Waals surface area (Å²) in [7, 11) is 1.59. The van der Waals surface area contributed by atoms with Gasteiger partial charge in [-0.25, -0.2) is 0 Å². The molecule has 0 radical (unpaired) electrons. The van der Waals surface area contributed by atoms with Gasteiger partial charge in [0, 0.05) is 18.6 Å². The van der Waals surface area contributed by atoms with Gasteiger partial charge in [0.25, 0.3) is 0 Å². The van der Waals surface area contributed by atoms with Crippen LogP contribution in [0.5, 0.6) is 5.75 Å². The maximum Gasteiger partial charge on any atom is 0.169 e. The summed E-state index contributed by atoms with van der Waals surface area (Å²) in [5.74, 6) is 0.716. The van der Waals surface area contributed by atoms with Gasteiger partial charge >= 0.3 is 0 Å². The first-order valence-corrected chi connectivity index (χ1v) is 7.04. The first-order chi connectivity index (χ1) is 9.11. The number of ketones is 1. The van der Waals surface area contributed by atoms with Gasteiger partial charge in [-0.05, 0) is 34.1 Å². The second kappa shape index (κ2) is 6.70. The van der Waals surface area contributed by atoms with Gasteiger partial charge in [-0.1, -0.05) is 11.6 Å². The predicted octanol–water partition coefficient (Wildman–Crippen LogP) is 2.85. The monoisotopic (exact) mass is 348 g/mol. The number of carbonyl (C=O) groups is 1. The van der Waals surface area contributed by atoms with E-state index in [2.05, 4.69) is 15.9 Å². The molecule has 1 saturated carbocycles. The maximum atomic E-state index is 11.5. The molecule has 6 heteroatoms. The second-order valence-electron chi connectivity index (χ2n) is 4.19. The molecular weight excluding hydrogens is 335 g/mol. The van der Waals surface area contributed by atoms with Crippen molar-refractivity contribution >= 4 is 33.3 Å². The average molecular weight is 350 g/mol. The van der Waals surface area contributed by atoms with Crippen LogP contribution in [-0.4, -0.2) is 38.3 Å². The molecule has 0 saturated heterocycles. The molecule has 1 fully saturated rings. The number of methoxy groups -OCH3 is 1. The molecule has 1 aliphatic rings. The third-order valence-corrected chi connectivity index (χ3v) is 3.67. The van der Waals surface area contributed by atoms with Crippen LogP contribution in [0.2, 0.25) is 5.02 Å². The van der Waals surface area contributed by atoms with Gasteiger partial charge in [0.2, 0.25) is 0 Å². The quantitative estimate of drug-likeness (QED) is 0.741. The van der Waals surface area contributed by atoms with E-state index in [1.54, 1.807) is 25.3 Å². The Morgan fingerprint density at radius 2 is 2.21 bits per heavy atom. The van der Waals surface area contributed by atoms with Crippen molar-refractivity contribution in [1.82, 2.24) is 0 Å². The highest BCUT2D eigenvalue weighted by Crippen LogP contribution is 2.32. The Morgan fingerprint density at radius 1 is 1.42 bits per heavy atom. The number of halogens is 2. The highest BCUT2D eigenvalue weighted by molar-refractivity contribution is 9.10. The minimum absolute atomic E-state index is 0.0613. The molecule has 1 aromatic rings. The van der Waals surface area contributed by atoms with Crippen molar-refractivity contribution in [3.63, 3.8) is 0 Å². The van der Waals surface area contributed by atoms with Crippen molar-refractivity contribution in [3.05, 3.63) is 27.7 Å². The van der Waals surface area contributed by atoms with Crippen LogP contribution in [0.15, 0.2) is 22.7 Å². The molecule has 0 amide bonds. The fourth-order valence-electron chi connectivity index (χ4n) is 1.76. The SMILES string of the molecule is COCCOC1C(=O)CC1Oc1ccc(Cl)cc1Br. The summed E-state index contributed by atoms with van der Waals surface area (Å²) >= 11 is 9.23. The highest BCUT2D eigenvalue weighted by atomic mass is 79.9. The number of carbonyl (C=O) groups excluding carboxylic acids is 1. The van der Waals surface area contributed by atoms with Crippen molar-refractivity contribution in [1.29, 1.82) is 0 Å². The average Bonchev–Trinajstić information content (AvgIpc) is 2.37. The van der Waals surface area contributed by atoms with Gasteiger partial charge in [-0.2, -0.15) is 0 Å². The lowest BCUT2D eigenvalue weighted by molar-refractivity contribution is -0.156. The summed E-state index contributed by atoms with van der Waals surface area (Å²) in [6.07, 6.45) is -0.383. The summed E-state index contributed by atoms with van der Waals surface area (Å²) < 4.78 is 16.8. The van der Waals surface area contributed by atoms with Crippen LogP contribution in [-0.2, 0) is 14.3 Å². The minimum Gasteiger partial charge on any atom is -0.486 e. The summed E-state index contributed by atoms with van der Waals surface area (Å²) in [4.78, 5) is 11.5. The molecule has 19 heavy (non-hydrogen) atoms. The molecule has 0 spiro atoms. The van der Waals surface area contributed by atoms with Crippen molar-refractivity contribution in [2.45, 2.75) is 18.6 Å². The summed E-state index contributed by atoms with van der Waals surface area (Å²) in [5, 5.41) is 0.622. The first kappa shape index (κ1) is 14.8. The summed E-state index contributed by atoms with van der Waals surface area (Å²) in [6, 6.07) is 5.25. The number of rotatable bonds is 6. The maximum absolute atomic E-state index is 11.5. The zero-order valence-electron chi connectivity index (χ0n) is 10.4. The molecule has 0 N–H and O–H groups in total. The molecule has 0 bridgehead atoms. The van der Waals surface area contributed by atoms with E-state index < -0.39 is 6.10 Å². The lowest BCUT2D eigenvalue weighted by Gasteiger charge is -2.34. The zero-order chi connectivity index (χ0) is 13.8. The fourth-order valence-corrected chi connectivity index (χ4v) is 2.54. The van der Waals surface area contributed by atoms with Crippen LogP contribution in [0.25, 0.3) is 0 Å². The molecule has 0 aliphatic heterocycles. The van der Waals surface area contributed by atoms with Crippen LogP contribution in [0.3, 0.4) is 0 Å². The van der Waals surface area contributed by atoms with Gasteiger partial charge in [0.05, 0.1) is 17.7 Å². The highest BCUT2D eigenvalue weighted by Gasteiger charge is 2.42. The third kappa shape index (κ3) is 3.69. The van der Waals surface area contributed by atoms with E-state index in [1.807, 2.05) is 0 Å². The van der Waals surface area contributed by atoms with E-state index in [4.69, 9.17) is 25.8 Å². The molecule has 2 rings (SSSR count). The van der Waals surface area contributed by atoms with E-state index in [9.17, 15) is 4.79 Å². The minimum atomic E-state index is -0.502. The molecular formula is C13H14BrClO4. The number of Topliss-reactive ketones (excluding diaryl/α,β-unsaturated/α-hetero) is 1. The Balaban J connectivity index is 1.93. The van der Waals surface area contributed by atoms with Crippen molar-refractivity contribution in [2.24, 2.45) is 0 Å². The Morgan fingerprint density at radius 3 is 2.84 bits per heavy atom. The Bertz CT molecular complexity index is 466. The molecule has 2 unspecified atom stereocenters. The van der Waals surface area contributed by atoms with Crippen LogP contribution < -0.4 is 4.74 Å². The molecule has 0 heterocycles. The van der Waals surface area contributed by atoms with Crippen molar-refractivity contribution < 1.29 is 19.0 Å². The number of benzene rings is 1. The normalized spacial score (nSPS) is 22.2. The van der Waals surface area contributed by atoms with Gasteiger partial charge in [0.1, 0.15) is 11.9 Å². The van der Waals surface area contributed by atoms with Gasteiger partial charge in [-0.3, -0.25) is 4.79 Å². The molecule has 1 aromatic carbocycles. The lowest BCUT2D eigenvalue weighted by Crippen LogP contribution is -2.52. The first-order valence-electron chi connectivity index (χ1n) is 5.87. The Kier molecular flexibility index (Phi) is 5.21. The molecule has 4 nitrogen and oxygen atoms in total. The fraction of sp³-hybridized carbons (Fsp3) is 0.462. The van der Waals surface area contributed by atoms with Crippen LogP contribution in [0.4, 0.5) is 0 Å². The molecule has 1 aliphatic carbocycles. The largest absolute Gasteiger partial charge is 0.486 e. The van der Waals surface area contributed by atoms with E-state index in [0.717, 1.165) is 4.47 Å². The summed E-state index contributed by atoms with van der Waals surface area (Å²) in [6.45, 7) is 0.843. The Labute approximate surface area is 125 Å². The van der Waals surface area contributed by atoms with Crippen molar-refractivity contribution in [3.8, 4) is 5.75 Å². The molecule has 0 aromatic heterocycles. The van der Waals surface area contributed by atoms with E-state index >= 15 is 0 Å². The second-order valence-corrected chi connectivity index (χ2v) is 5.48. The number of hydrogen-bond donors (Lipinski definition) is 0. The van der Waals surface area contributed by atoms with Crippen molar-refractivity contribution in [2.75, 3.05) is 20.3 Å².